The van der Waals surface area contributed by atoms with Gasteiger partial charge in [-0.05, 0) is 36.9 Å². The van der Waals surface area contributed by atoms with Crippen LogP contribution < -0.4 is 5.73 Å². The van der Waals surface area contributed by atoms with E-state index >= 15 is 0 Å². The molecule has 2 atom stereocenters. The van der Waals surface area contributed by atoms with Gasteiger partial charge in [0.05, 0.1) is 6.54 Å². The van der Waals surface area contributed by atoms with Crippen LogP contribution in [0.2, 0.25) is 4.47 Å². The summed E-state index contributed by atoms with van der Waals surface area (Å²) in [5, 5.41) is 8.86. The number of hydrogen-bond acceptors (Lipinski definition) is 5. The number of nitrogens with zero attached hydrogens (tertiary/aromatic N) is 3. The van der Waals surface area contributed by atoms with Gasteiger partial charge in [-0.2, -0.15) is 0 Å². The molecule has 6 heteroatoms. The minimum Gasteiger partial charge on any atom is -0.329 e. The van der Waals surface area contributed by atoms with Gasteiger partial charge in [0, 0.05) is 12.6 Å². The van der Waals surface area contributed by atoms with E-state index in [1.54, 1.807) is 0 Å². The van der Waals surface area contributed by atoms with E-state index in [0.29, 0.717) is 10.5 Å². The predicted molar refractivity (Wildman–Crippen MR) is 66.6 cm³/mol. The number of piperidine rings is 1. The average Bonchev–Trinajstić information content (AvgIpc) is 2.67. The molecule has 0 spiro atoms. The van der Waals surface area contributed by atoms with E-state index in [0.717, 1.165) is 30.6 Å². The molecule has 2 rings (SSSR count). The highest BCUT2D eigenvalue weighted by Crippen LogP contribution is 2.25. The fourth-order valence-corrected chi connectivity index (χ4v) is 3.12. The van der Waals surface area contributed by atoms with E-state index in [-0.39, 0.29) is 0 Å². The van der Waals surface area contributed by atoms with Crippen LogP contribution in [0.25, 0.3) is 0 Å². The number of likely N-dealkylation sites (tertiary alicyclic amines) is 1. The van der Waals surface area contributed by atoms with Crippen molar-refractivity contribution in [1.82, 2.24) is 15.1 Å². The molecule has 1 aromatic heterocycles. The molecule has 0 bridgehead atoms. The molecular weight excluding hydrogens is 244 g/mol. The second kappa shape index (κ2) is 5.40. The highest BCUT2D eigenvalue weighted by molar-refractivity contribution is 7.15. The minimum atomic E-state index is 0.478. The molecular formula is C10H17ClN4S. The molecule has 0 radical (unpaired) electrons. The van der Waals surface area contributed by atoms with E-state index in [1.165, 1.54) is 24.2 Å². The minimum absolute atomic E-state index is 0.478. The monoisotopic (exact) mass is 260 g/mol. The quantitative estimate of drug-likeness (QED) is 0.900. The van der Waals surface area contributed by atoms with Crippen molar-refractivity contribution >= 4 is 22.9 Å². The van der Waals surface area contributed by atoms with Crippen molar-refractivity contribution in [2.45, 2.75) is 32.4 Å². The van der Waals surface area contributed by atoms with Crippen LogP contribution in [0.3, 0.4) is 0 Å². The third-order valence-electron chi connectivity index (χ3n) is 3.15. The molecule has 2 heterocycles. The van der Waals surface area contributed by atoms with Crippen molar-refractivity contribution in [2.75, 3.05) is 13.1 Å². The molecule has 16 heavy (non-hydrogen) atoms. The SMILES string of the molecule is CC1CCN(Cc2nnc(Cl)s2)C(CN)C1. The molecule has 1 saturated heterocycles. The molecule has 0 aliphatic carbocycles. The first-order valence-corrected chi connectivity index (χ1v) is 6.80. The third-order valence-corrected chi connectivity index (χ3v) is 4.16. The van der Waals surface area contributed by atoms with Gasteiger partial charge in [0.15, 0.2) is 0 Å². The van der Waals surface area contributed by atoms with Gasteiger partial charge in [-0.1, -0.05) is 18.3 Å². The lowest BCUT2D eigenvalue weighted by molar-refractivity contribution is 0.115. The maximum atomic E-state index is 5.81. The van der Waals surface area contributed by atoms with Crippen LogP contribution in [0.5, 0.6) is 0 Å². The first-order valence-electron chi connectivity index (χ1n) is 5.61. The Hall–Kier alpha value is -0.230. The summed E-state index contributed by atoms with van der Waals surface area (Å²) < 4.78 is 0.518. The summed E-state index contributed by atoms with van der Waals surface area (Å²) in [6.07, 6.45) is 2.42. The summed E-state index contributed by atoms with van der Waals surface area (Å²) in [5.74, 6) is 0.780. The van der Waals surface area contributed by atoms with E-state index in [2.05, 4.69) is 22.0 Å². The average molecular weight is 261 g/mol. The Morgan fingerprint density at radius 2 is 2.38 bits per heavy atom. The Balaban J connectivity index is 1.97. The van der Waals surface area contributed by atoms with Crippen molar-refractivity contribution in [3.63, 3.8) is 0 Å². The van der Waals surface area contributed by atoms with E-state index in [4.69, 9.17) is 17.3 Å². The van der Waals surface area contributed by atoms with Gasteiger partial charge in [0.25, 0.3) is 0 Å². The first kappa shape index (κ1) is 12.2. The lowest BCUT2D eigenvalue weighted by atomic mass is 9.92. The van der Waals surface area contributed by atoms with Gasteiger partial charge in [0.2, 0.25) is 4.47 Å². The maximum Gasteiger partial charge on any atom is 0.207 e. The van der Waals surface area contributed by atoms with Gasteiger partial charge in [-0.3, -0.25) is 4.90 Å². The van der Waals surface area contributed by atoms with E-state index in [1.807, 2.05) is 0 Å². The van der Waals surface area contributed by atoms with Crippen LogP contribution in [0, 0.1) is 5.92 Å². The normalized spacial score (nSPS) is 27.2. The van der Waals surface area contributed by atoms with Gasteiger partial charge < -0.3 is 5.73 Å². The summed E-state index contributed by atoms with van der Waals surface area (Å²) in [6.45, 7) is 4.94. The Bertz CT molecular complexity index is 343. The van der Waals surface area contributed by atoms with Crippen LogP contribution in [-0.2, 0) is 6.54 Å². The number of hydrogen-bond donors (Lipinski definition) is 1. The highest BCUT2D eigenvalue weighted by atomic mass is 35.5. The summed E-state index contributed by atoms with van der Waals surface area (Å²) >= 11 is 7.23. The summed E-state index contributed by atoms with van der Waals surface area (Å²) in [6, 6.07) is 0.478. The second-order valence-electron chi connectivity index (χ2n) is 4.44. The highest BCUT2D eigenvalue weighted by Gasteiger charge is 2.25. The van der Waals surface area contributed by atoms with Crippen molar-refractivity contribution in [2.24, 2.45) is 11.7 Å². The zero-order valence-corrected chi connectivity index (χ0v) is 11.0. The molecule has 1 aliphatic heterocycles. The van der Waals surface area contributed by atoms with Crippen LogP contribution >= 0.6 is 22.9 Å². The van der Waals surface area contributed by atoms with Crippen molar-refractivity contribution in [3.8, 4) is 0 Å². The summed E-state index contributed by atoms with van der Waals surface area (Å²) in [4.78, 5) is 2.40. The Morgan fingerprint density at radius 1 is 1.56 bits per heavy atom. The largest absolute Gasteiger partial charge is 0.329 e. The maximum absolute atomic E-state index is 5.81. The van der Waals surface area contributed by atoms with Gasteiger partial charge in [-0.25, -0.2) is 0 Å². The van der Waals surface area contributed by atoms with Gasteiger partial charge in [-0.15, -0.1) is 10.2 Å². The molecule has 2 unspecified atom stereocenters. The van der Waals surface area contributed by atoms with Crippen molar-refractivity contribution < 1.29 is 0 Å². The Kier molecular flexibility index (Phi) is 4.13. The third kappa shape index (κ3) is 2.91. The fourth-order valence-electron chi connectivity index (χ4n) is 2.22. The van der Waals surface area contributed by atoms with Gasteiger partial charge >= 0.3 is 0 Å². The fraction of sp³-hybridized carbons (Fsp3) is 0.800. The zero-order chi connectivity index (χ0) is 11.5. The predicted octanol–water partition coefficient (Wildman–Crippen LogP) is 1.75. The molecule has 2 N–H and O–H groups in total. The molecule has 90 valence electrons. The van der Waals surface area contributed by atoms with E-state index in [9.17, 15) is 0 Å². The second-order valence-corrected chi connectivity index (χ2v) is 6.08. The molecule has 1 fully saturated rings. The number of rotatable bonds is 3. The van der Waals surface area contributed by atoms with Crippen LogP contribution in [-0.4, -0.2) is 34.2 Å². The summed E-state index contributed by atoms with van der Waals surface area (Å²) in [5.41, 5.74) is 5.81. The Labute approximate surface area is 105 Å². The zero-order valence-electron chi connectivity index (χ0n) is 9.40. The lowest BCUT2D eigenvalue weighted by Gasteiger charge is -2.37. The molecule has 1 aromatic rings. The smallest absolute Gasteiger partial charge is 0.207 e. The van der Waals surface area contributed by atoms with E-state index < -0.39 is 0 Å². The standard InChI is InChI=1S/C10H17ClN4S/c1-7-2-3-15(8(4-7)5-12)6-9-13-14-10(11)16-9/h7-8H,2-6,12H2,1H3. The number of halogens is 1. The number of nitrogens with two attached hydrogens (primary N) is 1. The van der Waals surface area contributed by atoms with Crippen molar-refractivity contribution in [1.29, 1.82) is 0 Å². The molecule has 1 aliphatic rings. The summed E-state index contributed by atoms with van der Waals surface area (Å²) in [7, 11) is 0. The first-order chi connectivity index (χ1) is 7.69. The molecule has 0 saturated carbocycles. The van der Waals surface area contributed by atoms with Crippen LogP contribution in [0.1, 0.15) is 24.8 Å². The van der Waals surface area contributed by atoms with Crippen molar-refractivity contribution in [3.05, 3.63) is 9.47 Å². The van der Waals surface area contributed by atoms with Crippen LogP contribution in [0.15, 0.2) is 0 Å². The van der Waals surface area contributed by atoms with Gasteiger partial charge in [0.1, 0.15) is 5.01 Å². The molecule has 4 nitrogen and oxygen atoms in total. The van der Waals surface area contributed by atoms with Crippen LogP contribution in [0.4, 0.5) is 0 Å². The topological polar surface area (TPSA) is 55.0 Å². The lowest BCUT2D eigenvalue weighted by Crippen LogP contribution is -2.45. The Morgan fingerprint density at radius 3 is 3.00 bits per heavy atom. The molecule has 0 aromatic carbocycles. The molecule has 0 amide bonds. The number of aromatic nitrogens is 2.